The highest BCUT2D eigenvalue weighted by molar-refractivity contribution is 5.69. The van der Waals surface area contributed by atoms with Gasteiger partial charge in [0.15, 0.2) is 0 Å². The molecule has 2 aliphatic rings. The van der Waals surface area contributed by atoms with Gasteiger partial charge < -0.3 is 9.84 Å². The molecule has 110 valence electrons. The molecule has 2 saturated heterocycles. The SMILES string of the molecule is CC1CC(N2CCCN(CC(=O)O)CC2)CC(C)O1. The van der Waals surface area contributed by atoms with E-state index < -0.39 is 5.97 Å². The Hall–Kier alpha value is -0.650. The first-order valence-electron chi connectivity index (χ1n) is 7.38. The lowest BCUT2D eigenvalue weighted by Gasteiger charge is -2.39. The Bertz CT molecular complexity index is 301. The van der Waals surface area contributed by atoms with E-state index in [1.807, 2.05) is 0 Å². The molecule has 0 aliphatic carbocycles. The second-order valence-corrected chi connectivity index (χ2v) is 5.94. The van der Waals surface area contributed by atoms with Crippen molar-refractivity contribution in [3.8, 4) is 0 Å². The summed E-state index contributed by atoms with van der Waals surface area (Å²) in [7, 11) is 0. The van der Waals surface area contributed by atoms with Crippen molar-refractivity contribution < 1.29 is 14.6 Å². The molecule has 19 heavy (non-hydrogen) atoms. The van der Waals surface area contributed by atoms with Crippen molar-refractivity contribution in [1.29, 1.82) is 0 Å². The molecule has 5 heteroatoms. The van der Waals surface area contributed by atoms with Gasteiger partial charge in [0.2, 0.25) is 0 Å². The van der Waals surface area contributed by atoms with Crippen LogP contribution in [0.4, 0.5) is 0 Å². The zero-order chi connectivity index (χ0) is 13.8. The summed E-state index contributed by atoms with van der Waals surface area (Å²) >= 11 is 0. The number of carbonyl (C=O) groups is 1. The third kappa shape index (κ3) is 4.44. The van der Waals surface area contributed by atoms with E-state index in [0.717, 1.165) is 45.4 Å². The molecule has 2 rings (SSSR count). The molecular formula is C14H26N2O3. The van der Waals surface area contributed by atoms with E-state index in [-0.39, 0.29) is 6.54 Å². The number of carboxylic acids is 1. The van der Waals surface area contributed by atoms with Crippen LogP contribution in [0.2, 0.25) is 0 Å². The molecule has 2 unspecified atom stereocenters. The summed E-state index contributed by atoms with van der Waals surface area (Å²) in [6.45, 7) is 8.31. The number of aliphatic carboxylic acids is 1. The van der Waals surface area contributed by atoms with Crippen LogP contribution in [-0.4, -0.2) is 71.8 Å². The van der Waals surface area contributed by atoms with Crippen LogP contribution in [0.25, 0.3) is 0 Å². The average Bonchev–Trinajstić information content (AvgIpc) is 2.52. The third-order valence-electron chi connectivity index (χ3n) is 4.17. The van der Waals surface area contributed by atoms with Gasteiger partial charge in [0, 0.05) is 25.7 Å². The van der Waals surface area contributed by atoms with E-state index in [1.165, 1.54) is 0 Å². The molecule has 0 radical (unpaired) electrons. The van der Waals surface area contributed by atoms with Crippen molar-refractivity contribution in [3.05, 3.63) is 0 Å². The molecule has 2 atom stereocenters. The molecule has 0 aromatic carbocycles. The largest absolute Gasteiger partial charge is 0.480 e. The van der Waals surface area contributed by atoms with Crippen LogP contribution in [0.15, 0.2) is 0 Å². The Morgan fingerprint density at radius 3 is 2.47 bits per heavy atom. The van der Waals surface area contributed by atoms with E-state index in [4.69, 9.17) is 9.84 Å². The van der Waals surface area contributed by atoms with Crippen LogP contribution < -0.4 is 0 Å². The fraction of sp³-hybridized carbons (Fsp3) is 0.929. The monoisotopic (exact) mass is 270 g/mol. The van der Waals surface area contributed by atoms with Gasteiger partial charge >= 0.3 is 5.97 Å². The van der Waals surface area contributed by atoms with Crippen LogP contribution in [0, 0.1) is 0 Å². The molecule has 0 aromatic heterocycles. The van der Waals surface area contributed by atoms with Crippen LogP contribution in [0.5, 0.6) is 0 Å². The summed E-state index contributed by atoms with van der Waals surface area (Å²) in [6, 6.07) is 0.600. The van der Waals surface area contributed by atoms with Gasteiger partial charge in [-0.05, 0) is 39.7 Å². The summed E-state index contributed by atoms with van der Waals surface area (Å²) in [5, 5.41) is 8.87. The molecule has 0 aromatic rings. The average molecular weight is 270 g/mol. The van der Waals surface area contributed by atoms with Crippen molar-refractivity contribution in [2.45, 2.75) is 51.4 Å². The maximum absolute atomic E-state index is 10.8. The zero-order valence-corrected chi connectivity index (χ0v) is 12.0. The molecule has 0 saturated carbocycles. The van der Waals surface area contributed by atoms with Crippen molar-refractivity contribution in [2.24, 2.45) is 0 Å². The van der Waals surface area contributed by atoms with Crippen molar-refractivity contribution >= 4 is 5.97 Å². The highest BCUT2D eigenvalue weighted by Crippen LogP contribution is 2.24. The van der Waals surface area contributed by atoms with Gasteiger partial charge in [-0.2, -0.15) is 0 Å². The first-order chi connectivity index (χ1) is 9.04. The number of hydrogen-bond acceptors (Lipinski definition) is 4. The number of hydrogen-bond donors (Lipinski definition) is 1. The predicted octanol–water partition coefficient (Wildman–Crippen LogP) is 1.03. The van der Waals surface area contributed by atoms with E-state index in [9.17, 15) is 4.79 Å². The summed E-state index contributed by atoms with van der Waals surface area (Å²) in [6.07, 6.45) is 3.94. The fourth-order valence-corrected chi connectivity index (χ4v) is 3.37. The molecule has 2 fully saturated rings. The van der Waals surface area contributed by atoms with Gasteiger partial charge in [-0.15, -0.1) is 0 Å². The number of carboxylic acid groups (broad SMARTS) is 1. The maximum Gasteiger partial charge on any atom is 0.317 e. The van der Waals surface area contributed by atoms with Crippen molar-refractivity contribution in [2.75, 3.05) is 32.7 Å². The van der Waals surface area contributed by atoms with Gasteiger partial charge in [-0.1, -0.05) is 0 Å². The Morgan fingerprint density at radius 1 is 1.16 bits per heavy atom. The smallest absolute Gasteiger partial charge is 0.317 e. The van der Waals surface area contributed by atoms with Crippen LogP contribution in [0.3, 0.4) is 0 Å². The first-order valence-corrected chi connectivity index (χ1v) is 7.38. The van der Waals surface area contributed by atoms with Crippen molar-refractivity contribution in [3.63, 3.8) is 0 Å². The number of nitrogens with zero attached hydrogens (tertiary/aromatic N) is 2. The van der Waals surface area contributed by atoms with Crippen LogP contribution in [-0.2, 0) is 9.53 Å². The second kappa shape index (κ2) is 6.68. The molecule has 5 nitrogen and oxygen atoms in total. The topological polar surface area (TPSA) is 53.0 Å². The van der Waals surface area contributed by atoms with Gasteiger partial charge in [0.25, 0.3) is 0 Å². The minimum Gasteiger partial charge on any atom is -0.480 e. The molecule has 0 amide bonds. The zero-order valence-electron chi connectivity index (χ0n) is 12.0. The van der Waals surface area contributed by atoms with Gasteiger partial charge in [0.05, 0.1) is 18.8 Å². The highest BCUT2D eigenvalue weighted by Gasteiger charge is 2.30. The minimum atomic E-state index is -0.721. The molecule has 2 heterocycles. The van der Waals surface area contributed by atoms with Crippen molar-refractivity contribution in [1.82, 2.24) is 9.80 Å². The van der Waals surface area contributed by atoms with Gasteiger partial charge in [0.1, 0.15) is 0 Å². The Morgan fingerprint density at radius 2 is 1.84 bits per heavy atom. The minimum absolute atomic E-state index is 0.175. The fourth-order valence-electron chi connectivity index (χ4n) is 3.37. The predicted molar refractivity (Wildman–Crippen MR) is 73.3 cm³/mol. The lowest BCUT2D eigenvalue weighted by molar-refractivity contribution is -0.138. The van der Waals surface area contributed by atoms with Gasteiger partial charge in [-0.3, -0.25) is 14.6 Å². The Kier molecular flexibility index (Phi) is 5.19. The van der Waals surface area contributed by atoms with Crippen LogP contribution in [0.1, 0.15) is 33.1 Å². The Balaban J connectivity index is 1.86. The molecule has 2 aliphatic heterocycles. The van der Waals surface area contributed by atoms with Gasteiger partial charge in [-0.25, -0.2) is 0 Å². The molecule has 0 bridgehead atoms. The second-order valence-electron chi connectivity index (χ2n) is 5.94. The molecular weight excluding hydrogens is 244 g/mol. The third-order valence-corrected chi connectivity index (χ3v) is 4.17. The van der Waals surface area contributed by atoms with E-state index in [1.54, 1.807) is 0 Å². The summed E-state index contributed by atoms with van der Waals surface area (Å²) in [5.74, 6) is -0.721. The number of rotatable bonds is 3. The number of ether oxygens (including phenoxy) is 1. The summed E-state index contributed by atoms with van der Waals surface area (Å²) < 4.78 is 5.80. The van der Waals surface area contributed by atoms with Crippen LogP contribution >= 0.6 is 0 Å². The molecule has 0 spiro atoms. The molecule has 1 N–H and O–H groups in total. The standard InChI is InChI=1S/C14H26N2O3/c1-11-8-13(9-12(2)19-11)16-5-3-4-15(6-7-16)10-14(17)18/h11-13H,3-10H2,1-2H3,(H,17,18). The quantitative estimate of drug-likeness (QED) is 0.830. The lowest BCUT2D eigenvalue weighted by atomic mass is 9.98. The van der Waals surface area contributed by atoms with E-state index in [2.05, 4.69) is 23.6 Å². The summed E-state index contributed by atoms with van der Waals surface area (Å²) in [4.78, 5) is 15.4. The highest BCUT2D eigenvalue weighted by atomic mass is 16.5. The normalized spacial score (nSPS) is 34.9. The summed E-state index contributed by atoms with van der Waals surface area (Å²) in [5.41, 5.74) is 0. The lowest BCUT2D eigenvalue weighted by Crippen LogP contribution is -2.45. The van der Waals surface area contributed by atoms with E-state index in [0.29, 0.717) is 18.2 Å². The first kappa shape index (κ1) is 14.8. The Labute approximate surface area is 115 Å². The van der Waals surface area contributed by atoms with E-state index >= 15 is 0 Å². The maximum atomic E-state index is 10.8.